The molecule has 1 aliphatic carbocycles. The highest BCUT2D eigenvalue weighted by atomic mass is 15.1. The number of nitrogens with zero attached hydrogens (tertiary/aromatic N) is 1. The first-order chi connectivity index (χ1) is 6.86. The van der Waals surface area contributed by atoms with E-state index < -0.39 is 0 Å². The van der Waals surface area contributed by atoms with Gasteiger partial charge in [0.05, 0.1) is 5.69 Å². The molecule has 0 amide bonds. The van der Waals surface area contributed by atoms with Gasteiger partial charge in [0.25, 0.3) is 0 Å². The van der Waals surface area contributed by atoms with E-state index in [1.165, 1.54) is 36.2 Å². The van der Waals surface area contributed by atoms with E-state index in [4.69, 9.17) is 0 Å². The Morgan fingerprint density at radius 3 is 2.79 bits per heavy atom. The molecule has 14 heavy (non-hydrogen) atoms. The van der Waals surface area contributed by atoms with Crippen LogP contribution in [0.5, 0.6) is 0 Å². The molecule has 0 unspecified atom stereocenters. The van der Waals surface area contributed by atoms with Crippen molar-refractivity contribution in [3.8, 4) is 0 Å². The molecule has 3 nitrogen and oxygen atoms in total. The number of H-pyrrole nitrogens is 1. The first kappa shape index (κ1) is 9.71. The van der Waals surface area contributed by atoms with Gasteiger partial charge in [0.1, 0.15) is 0 Å². The van der Waals surface area contributed by atoms with Crippen LogP contribution in [-0.4, -0.2) is 17.2 Å². The number of aromatic amines is 1. The Kier molecular flexibility index (Phi) is 2.87. The van der Waals surface area contributed by atoms with Gasteiger partial charge in [0.15, 0.2) is 0 Å². The normalized spacial score (nSPS) is 17.0. The van der Waals surface area contributed by atoms with Crippen LogP contribution < -0.4 is 5.32 Å². The highest BCUT2D eigenvalue weighted by Gasteiger charge is 2.25. The van der Waals surface area contributed by atoms with E-state index in [1.807, 2.05) is 7.05 Å². The van der Waals surface area contributed by atoms with Crippen LogP contribution in [0.4, 0.5) is 0 Å². The second kappa shape index (κ2) is 4.13. The van der Waals surface area contributed by atoms with Crippen LogP contribution >= 0.6 is 0 Å². The third-order valence-electron chi connectivity index (χ3n) is 3.18. The maximum absolute atomic E-state index is 4.46. The topological polar surface area (TPSA) is 40.7 Å². The molecular weight excluding hydrogens is 174 g/mol. The van der Waals surface area contributed by atoms with E-state index in [2.05, 4.69) is 22.4 Å². The fourth-order valence-electron chi connectivity index (χ4n) is 2.10. The number of aryl methyl sites for hydroxylation is 1. The largest absolute Gasteiger partial charge is 0.316 e. The van der Waals surface area contributed by atoms with Crippen molar-refractivity contribution in [2.45, 2.75) is 45.1 Å². The Morgan fingerprint density at radius 1 is 1.50 bits per heavy atom. The smallest absolute Gasteiger partial charge is 0.0700 e. The molecule has 0 aromatic carbocycles. The summed E-state index contributed by atoms with van der Waals surface area (Å²) < 4.78 is 0. The summed E-state index contributed by atoms with van der Waals surface area (Å²) >= 11 is 0. The van der Waals surface area contributed by atoms with Crippen LogP contribution in [0.2, 0.25) is 0 Å². The summed E-state index contributed by atoms with van der Waals surface area (Å²) in [4.78, 5) is 0. The minimum Gasteiger partial charge on any atom is -0.316 e. The number of nitrogens with one attached hydrogen (secondary N) is 2. The molecule has 1 heterocycles. The van der Waals surface area contributed by atoms with Crippen LogP contribution in [0.15, 0.2) is 0 Å². The van der Waals surface area contributed by atoms with Gasteiger partial charge in [-0.15, -0.1) is 0 Å². The molecule has 2 rings (SSSR count). The van der Waals surface area contributed by atoms with Gasteiger partial charge in [0, 0.05) is 23.7 Å². The molecule has 1 fully saturated rings. The van der Waals surface area contributed by atoms with Crippen molar-refractivity contribution in [1.82, 2.24) is 15.5 Å². The maximum Gasteiger partial charge on any atom is 0.0700 e. The van der Waals surface area contributed by atoms with Gasteiger partial charge in [-0.1, -0.05) is 13.3 Å². The summed E-state index contributed by atoms with van der Waals surface area (Å²) in [5, 5.41) is 10.9. The average molecular weight is 193 g/mol. The summed E-state index contributed by atoms with van der Waals surface area (Å²) in [5.74, 6) is 0.731. The summed E-state index contributed by atoms with van der Waals surface area (Å²) in [5.41, 5.74) is 4.04. The quantitative estimate of drug-likeness (QED) is 0.767. The van der Waals surface area contributed by atoms with Crippen LogP contribution in [0.25, 0.3) is 0 Å². The van der Waals surface area contributed by atoms with Gasteiger partial charge in [0.2, 0.25) is 0 Å². The lowest BCUT2D eigenvalue weighted by Gasteiger charge is -2.24. The Hall–Kier alpha value is -0.830. The lowest BCUT2D eigenvalue weighted by Crippen LogP contribution is -2.14. The SMILES string of the molecule is CCc1[nH]nc(C2CCC2)c1CNC. The zero-order valence-corrected chi connectivity index (χ0v) is 9.06. The van der Waals surface area contributed by atoms with Crippen LogP contribution in [0.1, 0.15) is 49.1 Å². The van der Waals surface area contributed by atoms with Crippen molar-refractivity contribution in [3.63, 3.8) is 0 Å². The molecule has 1 saturated carbocycles. The lowest BCUT2D eigenvalue weighted by molar-refractivity contribution is 0.407. The van der Waals surface area contributed by atoms with Gasteiger partial charge < -0.3 is 5.32 Å². The highest BCUT2D eigenvalue weighted by molar-refractivity contribution is 5.29. The minimum absolute atomic E-state index is 0.731. The highest BCUT2D eigenvalue weighted by Crippen LogP contribution is 2.37. The van der Waals surface area contributed by atoms with Crippen molar-refractivity contribution in [2.75, 3.05) is 7.05 Å². The number of hydrogen-bond donors (Lipinski definition) is 2. The molecule has 1 aliphatic rings. The summed E-state index contributed by atoms with van der Waals surface area (Å²) in [6.45, 7) is 3.13. The Labute approximate surface area is 85.3 Å². The zero-order chi connectivity index (χ0) is 9.97. The Morgan fingerprint density at radius 2 is 2.29 bits per heavy atom. The summed E-state index contributed by atoms with van der Waals surface area (Å²) in [6, 6.07) is 0. The van der Waals surface area contributed by atoms with E-state index >= 15 is 0 Å². The fraction of sp³-hybridized carbons (Fsp3) is 0.727. The number of aromatic nitrogens is 2. The first-order valence-electron chi connectivity index (χ1n) is 5.57. The van der Waals surface area contributed by atoms with E-state index in [1.54, 1.807) is 0 Å². The van der Waals surface area contributed by atoms with Crippen LogP contribution in [0.3, 0.4) is 0 Å². The maximum atomic E-state index is 4.46. The molecule has 1 aromatic heterocycles. The van der Waals surface area contributed by atoms with E-state index in [0.29, 0.717) is 0 Å². The van der Waals surface area contributed by atoms with E-state index in [-0.39, 0.29) is 0 Å². The molecule has 0 saturated heterocycles. The van der Waals surface area contributed by atoms with Crippen LogP contribution in [-0.2, 0) is 13.0 Å². The fourth-order valence-corrected chi connectivity index (χ4v) is 2.10. The second-order valence-corrected chi connectivity index (χ2v) is 4.08. The second-order valence-electron chi connectivity index (χ2n) is 4.08. The lowest BCUT2D eigenvalue weighted by atomic mass is 9.81. The van der Waals surface area contributed by atoms with Crippen molar-refractivity contribution < 1.29 is 0 Å². The molecule has 2 N–H and O–H groups in total. The monoisotopic (exact) mass is 193 g/mol. The zero-order valence-electron chi connectivity index (χ0n) is 9.06. The summed E-state index contributed by atoms with van der Waals surface area (Å²) in [7, 11) is 2.00. The van der Waals surface area contributed by atoms with Gasteiger partial charge in [-0.25, -0.2) is 0 Å². The van der Waals surface area contributed by atoms with Crippen molar-refractivity contribution in [1.29, 1.82) is 0 Å². The van der Waals surface area contributed by atoms with Crippen molar-refractivity contribution >= 4 is 0 Å². The van der Waals surface area contributed by atoms with Crippen LogP contribution in [0, 0.1) is 0 Å². The van der Waals surface area contributed by atoms with Crippen molar-refractivity contribution in [2.24, 2.45) is 0 Å². The number of rotatable bonds is 4. The molecular formula is C11H19N3. The van der Waals surface area contributed by atoms with E-state index in [9.17, 15) is 0 Å². The molecule has 1 aromatic rings. The van der Waals surface area contributed by atoms with Gasteiger partial charge >= 0.3 is 0 Å². The predicted octanol–water partition coefficient (Wildman–Crippen LogP) is 1.96. The average Bonchev–Trinajstić information content (AvgIpc) is 2.47. The molecule has 0 bridgehead atoms. The van der Waals surface area contributed by atoms with Crippen molar-refractivity contribution in [3.05, 3.63) is 17.0 Å². The third-order valence-corrected chi connectivity index (χ3v) is 3.18. The third kappa shape index (κ3) is 1.57. The molecule has 78 valence electrons. The van der Waals surface area contributed by atoms with Gasteiger partial charge in [-0.2, -0.15) is 5.10 Å². The summed E-state index contributed by atoms with van der Waals surface area (Å²) in [6.07, 6.45) is 5.07. The standard InChI is InChI=1S/C11H19N3/c1-3-10-9(7-12-2)11(14-13-10)8-5-4-6-8/h8,12H,3-7H2,1-2H3,(H,13,14). The van der Waals surface area contributed by atoms with E-state index in [0.717, 1.165) is 18.9 Å². The Bertz CT molecular complexity index is 299. The molecule has 0 atom stereocenters. The Balaban J connectivity index is 2.23. The number of hydrogen-bond acceptors (Lipinski definition) is 2. The molecule has 0 spiro atoms. The molecule has 0 radical (unpaired) electrons. The minimum atomic E-state index is 0.731. The van der Waals surface area contributed by atoms with Gasteiger partial charge in [-0.3, -0.25) is 5.10 Å². The molecule has 3 heteroatoms. The van der Waals surface area contributed by atoms with Gasteiger partial charge in [-0.05, 0) is 26.3 Å². The first-order valence-corrected chi connectivity index (χ1v) is 5.57. The molecule has 0 aliphatic heterocycles. The predicted molar refractivity (Wildman–Crippen MR) is 57.3 cm³/mol.